The van der Waals surface area contributed by atoms with Crippen LogP contribution in [0.2, 0.25) is 0 Å². The van der Waals surface area contributed by atoms with Gasteiger partial charge in [0.1, 0.15) is 13.9 Å². The van der Waals surface area contributed by atoms with E-state index < -0.39 is 16.1 Å². The van der Waals surface area contributed by atoms with Gasteiger partial charge in [-0.25, -0.2) is 4.98 Å². The van der Waals surface area contributed by atoms with E-state index in [1.165, 1.54) is 58.3 Å². The fourth-order valence-electron chi connectivity index (χ4n) is 12.8. The maximum Gasteiger partial charge on any atom is 2.00 e. The van der Waals surface area contributed by atoms with E-state index >= 15 is 0 Å². The van der Waals surface area contributed by atoms with Crippen molar-refractivity contribution in [2.24, 2.45) is 0 Å². The quantitative estimate of drug-likeness (QED) is 0.0659. The van der Waals surface area contributed by atoms with E-state index in [-0.39, 0.29) is 20.4 Å². The van der Waals surface area contributed by atoms with Crippen molar-refractivity contribution in [3.05, 3.63) is 286 Å². The number of anilines is 3. The summed E-state index contributed by atoms with van der Waals surface area (Å²) >= 11 is 0. The van der Waals surface area contributed by atoms with Crippen LogP contribution in [0.1, 0.15) is 0 Å². The van der Waals surface area contributed by atoms with E-state index in [1.807, 2.05) is 12.4 Å². The molecule has 8 heteroatoms. The molecule has 4 aromatic heterocycles. The van der Waals surface area contributed by atoms with Gasteiger partial charge in [-0.05, 0) is 79.0 Å². The maximum atomic E-state index is 5.50. The summed E-state index contributed by atoms with van der Waals surface area (Å²) in [5, 5.41) is 15.7. The van der Waals surface area contributed by atoms with Crippen molar-refractivity contribution in [2.75, 3.05) is 4.90 Å². The van der Waals surface area contributed by atoms with Crippen molar-refractivity contribution in [2.45, 2.75) is 0 Å². The number of para-hydroxylation sites is 3. The molecule has 15 rings (SSSR count). The van der Waals surface area contributed by atoms with E-state index in [0.29, 0.717) is 0 Å². The van der Waals surface area contributed by atoms with Crippen molar-refractivity contribution in [3.63, 3.8) is 0 Å². The van der Waals surface area contributed by atoms with Crippen LogP contribution in [0.3, 0.4) is 0 Å². The van der Waals surface area contributed by atoms with Crippen molar-refractivity contribution in [1.29, 1.82) is 0 Å². The molecule has 0 aliphatic carbocycles. The van der Waals surface area contributed by atoms with Crippen molar-refractivity contribution < 1.29 is 20.4 Å². The van der Waals surface area contributed by atoms with Crippen LogP contribution in [-0.2, 0) is 20.4 Å². The number of imidazole rings is 1. The molecule has 1 aliphatic rings. The zero-order valence-corrected chi connectivity index (χ0v) is 44.6. The van der Waals surface area contributed by atoms with Gasteiger partial charge < -0.3 is 13.9 Å². The molecule has 0 bridgehead atoms. The number of rotatable bonds is 8. The molecule has 1 aliphatic heterocycles. The smallest absolute Gasteiger partial charge is 0.340 e. The number of nitrogens with zero attached hydrogens (tertiary/aromatic N) is 5. The van der Waals surface area contributed by atoms with E-state index in [9.17, 15) is 0 Å². The second kappa shape index (κ2) is 18.3. The summed E-state index contributed by atoms with van der Waals surface area (Å²) in [6, 6.07) is 102. The van der Waals surface area contributed by atoms with Crippen LogP contribution in [0.25, 0.3) is 54.8 Å². The average molecular weight is 1090 g/mol. The van der Waals surface area contributed by atoms with Gasteiger partial charge in [0.15, 0.2) is 8.07 Å². The van der Waals surface area contributed by atoms with Gasteiger partial charge in [0.05, 0.1) is 16.7 Å². The molecule has 0 radical (unpaired) electrons. The third-order valence-electron chi connectivity index (χ3n) is 15.8. The molecule has 14 aromatic rings. The first kappa shape index (κ1) is 45.8. The van der Waals surface area contributed by atoms with Gasteiger partial charge in [-0.2, -0.15) is 23.4 Å². The van der Waals surface area contributed by atoms with Gasteiger partial charge in [0, 0.05) is 46.3 Å². The molecule has 5 heterocycles. The summed E-state index contributed by atoms with van der Waals surface area (Å²) in [7, 11) is -6.49. The van der Waals surface area contributed by atoms with Crippen LogP contribution in [0.4, 0.5) is 17.2 Å². The molecular weight excluding hydrogens is 1050 g/mol. The molecular formula is C68H45N5PdSi2. The van der Waals surface area contributed by atoms with Crippen LogP contribution in [0.5, 0.6) is 0 Å². The second-order valence-electron chi connectivity index (χ2n) is 19.5. The number of aromatic nitrogens is 4. The van der Waals surface area contributed by atoms with Gasteiger partial charge >= 0.3 is 20.4 Å². The molecule has 0 unspecified atom stereocenters. The van der Waals surface area contributed by atoms with E-state index in [2.05, 4.69) is 287 Å². The molecule has 360 valence electrons. The number of benzene rings is 10. The van der Waals surface area contributed by atoms with Crippen molar-refractivity contribution in [3.8, 4) is 5.69 Å². The zero-order valence-electron chi connectivity index (χ0n) is 41.0. The predicted octanol–water partition coefficient (Wildman–Crippen LogP) is 10.3. The fourth-order valence-corrected chi connectivity index (χ4v) is 22.6. The Morgan fingerprint density at radius 3 is 1.74 bits per heavy atom. The Labute approximate surface area is 456 Å². The normalized spacial score (nSPS) is 13.0. The zero-order chi connectivity index (χ0) is 49.5. The summed E-state index contributed by atoms with van der Waals surface area (Å²) < 4.78 is 4.66. The number of hydrogen-bond acceptors (Lipinski definition) is 3. The van der Waals surface area contributed by atoms with Gasteiger partial charge in [0.2, 0.25) is 0 Å². The minimum Gasteiger partial charge on any atom is -0.340 e. The molecule has 0 spiro atoms. The first-order valence-electron chi connectivity index (χ1n) is 25.6. The first-order valence-corrected chi connectivity index (χ1v) is 29.6. The molecule has 0 saturated carbocycles. The van der Waals surface area contributed by atoms with Crippen LogP contribution < -0.4 is 46.4 Å². The van der Waals surface area contributed by atoms with Crippen LogP contribution in [-0.4, -0.2) is 35.1 Å². The van der Waals surface area contributed by atoms with E-state index in [0.717, 1.165) is 55.2 Å². The number of hydrogen-bond donors (Lipinski definition) is 0. The maximum absolute atomic E-state index is 5.50. The standard InChI is InChI=1S/C68H45N5Si2.Pd/c1-6-22-48(23-7-1)72-61-37-19-17-35-58(61)65-62(72)41-42-63-66(65)75(52-29-12-4-13-30-52,53-31-14-5-15-32-53)64-38-21-43-69-68(64)73(63)49-24-20-33-54(46-49)74(50-25-8-2-9-26-50,51-27-10-3-11-28-51)55-39-40-56-57-34-16-18-36-60(57)71-45-44-70-67(71)59(56)47-55;/h1-45H;/q-2;+2. The first-order chi connectivity index (χ1) is 37.2. The average Bonchev–Trinajstić information content (AvgIpc) is 4.29. The Morgan fingerprint density at radius 2 is 1.04 bits per heavy atom. The minimum absolute atomic E-state index is 0. The molecule has 0 atom stereocenters. The SMILES string of the molecule is [Pd+2].[c-]1c(N2c3ccc4c(c3[Si](c3ccccc3)(c3ccccc3)c3cccnc32)c2ccccc2n4-c2ccccc2)cccc1[Si](c1[c-]c2c(cc1)c1ccccc1n1ccnc21)(c1ccccc1)c1ccccc1. The van der Waals surface area contributed by atoms with Gasteiger partial charge in [-0.3, -0.25) is 4.98 Å². The molecule has 5 nitrogen and oxygen atoms in total. The predicted molar refractivity (Wildman–Crippen MR) is 315 cm³/mol. The van der Waals surface area contributed by atoms with E-state index in [4.69, 9.17) is 9.97 Å². The van der Waals surface area contributed by atoms with E-state index in [1.54, 1.807) is 0 Å². The third-order valence-corrected chi connectivity index (χ3v) is 25.2. The Balaban J connectivity index is 0.00000528. The summed E-state index contributed by atoms with van der Waals surface area (Å²) in [5.41, 5.74) is 7.51. The largest absolute Gasteiger partial charge is 2.00 e. The summed E-state index contributed by atoms with van der Waals surface area (Å²) in [4.78, 5) is 12.9. The Hall–Kier alpha value is -8.74. The van der Waals surface area contributed by atoms with Gasteiger partial charge in [-0.1, -0.05) is 193 Å². The number of pyridine rings is 2. The van der Waals surface area contributed by atoms with Crippen LogP contribution in [0, 0.1) is 12.1 Å². The van der Waals surface area contributed by atoms with Gasteiger partial charge in [0.25, 0.3) is 0 Å². The van der Waals surface area contributed by atoms with Crippen molar-refractivity contribution >= 4 is 124 Å². The minimum atomic E-state index is -3.27. The summed E-state index contributed by atoms with van der Waals surface area (Å²) in [6.45, 7) is 0. The molecule has 0 saturated heterocycles. The second-order valence-corrected chi connectivity index (χ2v) is 26.9. The number of fused-ring (bicyclic) bond motifs is 12. The summed E-state index contributed by atoms with van der Waals surface area (Å²) in [5.74, 6) is 0.918. The Morgan fingerprint density at radius 1 is 0.434 bits per heavy atom. The third kappa shape index (κ3) is 6.59. The fraction of sp³-hybridized carbons (Fsp3) is 0. The Kier molecular flexibility index (Phi) is 11.0. The van der Waals surface area contributed by atoms with Crippen LogP contribution >= 0.6 is 0 Å². The van der Waals surface area contributed by atoms with Crippen LogP contribution in [0.15, 0.2) is 273 Å². The van der Waals surface area contributed by atoms with Gasteiger partial charge in [-0.15, -0.1) is 34.8 Å². The Bertz CT molecular complexity index is 4410. The molecule has 0 fully saturated rings. The van der Waals surface area contributed by atoms with Crippen molar-refractivity contribution in [1.82, 2.24) is 18.9 Å². The molecule has 0 N–H and O–H groups in total. The molecule has 76 heavy (non-hydrogen) atoms. The molecule has 10 aromatic carbocycles. The topological polar surface area (TPSA) is 38.4 Å². The monoisotopic (exact) mass is 1090 g/mol. The molecule has 0 amide bonds. The summed E-state index contributed by atoms with van der Waals surface area (Å²) in [6.07, 6.45) is 5.93.